The van der Waals surface area contributed by atoms with Gasteiger partial charge in [-0.1, -0.05) is 23.7 Å². The number of fused-ring (bicyclic) bond motifs is 1. The number of anilines is 1. The van der Waals surface area contributed by atoms with Crippen LogP contribution in [0.5, 0.6) is 0 Å². The van der Waals surface area contributed by atoms with Crippen molar-refractivity contribution in [2.45, 2.75) is 32.2 Å². The Morgan fingerprint density at radius 1 is 1.50 bits per heavy atom. The summed E-state index contributed by atoms with van der Waals surface area (Å²) in [5.41, 5.74) is 8.38. The third-order valence-corrected chi connectivity index (χ3v) is 5.17. The summed E-state index contributed by atoms with van der Waals surface area (Å²) in [5, 5.41) is 3.95. The smallest absolute Gasteiger partial charge is 0.258 e. The number of nitrogens with zero attached hydrogens (tertiary/aromatic N) is 1. The standard InChI is InChI=1S/C15H16ClN3OS.ClH/c1-8-3-2-4-10(13(8)16)14(20)19-15-18-11-6-5-9(17)7-12(11)21-15;/h2-4,9H,5-7,17H2,1H3,(H,18,19,20);1H/t9-;/m0./s1. The van der Waals surface area contributed by atoms with Crippen molar-refractivity contribution >= 4 is 46.4 Å². The van der Waals surface area contributed by atoms with E-state index in [9.17, 15) is 4.79 Å². The van der Waals surface area contributed by atoms with Gasteiger partial charge >= 0.3 is 0 Å². The summed E-state index contributed by atoms with van der Waals surface area (Å²) >= 11 is 7.69. The lowest BCUT2D eigenvalue weighted by atomic mass is 9.99. The number of carbonyl (C=O) groups is 1. The Bertz CT molecular complexity index is 702. The molecule has 1 aromatic heterocycles. The number of nitrogens with two attached hydrogens (primary N) is 1. The van der Waals surface area contributed by atoms with Crippen molar-refractivity contribution in [2.75, 3.05) is 5.32 Å². The summed E-state index contributed by atoms with van der Waals surface area (Å²) in [6, 6.07) is 5.62. The first-order valence-corrected chi connectivity index (χ1v) is 8.04. The zero-order valence-electron chi connectivity index (χ0n) is 12.1. The zero-order valence-corrected chi connectivity index (χ0v) is 14.4. The third-order valence-electron chi connectivity index (χ3n) is 3.63. The van der Waals surface area contributed by atoms with Gasteiger partial charge in [-0.25, -0.2) is 4.98 Å². The lowest BCUT2D eigenvalue weighted by Crippen LogP contribution is -2.27. The Morgan fingerprint density at radius 2 is 2.27 bits per heavy atom. The first-order chi connectivity index (χ1) is 10.0. The molecular formula is C15H17Cl2N3OS. The predicted octanol–water partition coefficient (Wildman–Crippen LogP) is 3.60. The topological polar surface area (TPSA) is 68.0 Å². The molecular weight excluding hydrogens is 341 g/mol. The number of aryl methyl sites for hydroxylation is 2. The number of carbonyl (C=O) groups excluding carboxylic acids is 1. The van der Waals surface area contributed by atoms with E-state index >= 15 is 0 Å². The molecule has 1 atom stereocenters. The van der Waals surface area contributed by atoms with Crippen LogP contribution < -0.4 is 11.1 Å². The second kappa shape index (κ2) is 6.96. The number of rotatable bonds is 2. The van der Waals surface area contributed by atoms with Gasteiger partial charge in [0.05, 0.1) is 16.3 Å². The molecule has 1 aliphatic rings. The van der Waals surface area contributed by atoms with Crippen molar-refractivity contribution in [3.05, 3.63) is 44.9 Å². The summed E-state index contributed by atoms with van der Waals surface area (Å²) < 4.78 is 0. The van der Waals surface area contributed by atoms with Crippen LogP contribution in [0.15, 0.2) is 18.2 Å². The number of benzene rings is 1. The van der Waals surface area contributed by atoms with Crippen molar-refractivity contribution in [2.24, 2.45) is 5.73 Å². The summed E-state index contributed by atoms with van der Waals surface area (Å²) in [7, 11) is 0. The van der Waals surface area contributed by atoms with Crippen molar-refractivity contribution in [1.82, 2.24) is 4.98 Å². The van der Waals surface area contributed by atoms with Crippen LogP contribution >= 0.6 is 35.3 Å². The van der Waals surface area contributed by atoms with Crippen LogP contribution in [0.4, 0.5) is 5.13 Å². The van der Waals surface area contributed by atoms with E-state index in [0.29, 0.717) is 15.7 Å². The molecule has 2 aromatic rings. The Kier molecular flexibility index (Phi) is 5.45. The van der Waals surface area contributed by atoms with E-state index in [1.807, 2.05) is 19.1 Å². The monoisotopic (exact) mass is 357 g/mol. The van der Waals surface area contributed by atoms with Gasteiger partial charge in [-0.15, -0.1) is 23.7 Å². The van der Waals surface area contributed by atoms with E-state index < -0.39 is 0 Å². The van der Waals surface area contributed by atoms with Crippen LogP contribution in [0.3, 0.4) is 0 Å². The predicted molar refractivity (Wildman–Crippen MR) is 93.5 cm³/mol. The molecule has 1 heterocycles. The molecule has 1 aliphatic carbocycles. The van der Waals surface area contributed by atoms with Crippen molar-refractivity contribution < 1.29 is 4.79 Å². The fourth-order valence-electron chi connectivity index (χ4n) is 2.44. The summed E-state index contributed by atoms with van der Waals surface area (Å²) in [6.45, 7) is 1.88. The molecule has 0 aliphatic heterocycles. The maximum atomic E-state index is 12.3. The second-order valence-corrected chi connectivity index (χ2v) is 6.74. The van der Waals surface area contributed by atoms with Gasteiger partial charge in [-0.3, -0.25) is 10.1 Å². The SMILES string of the molecule is Cc1cccc(C(=O)Nc2nc3c(s2)C[C@@H](N)CC3)c1Cl.Cl. The maximum absolute atomic E-state index is 12.3. The molecule has 4 nitrogen and oxygen atoms in total. The van der Waals surface area contributed by atoms with Crippen molar-refractivity contribution in [3.8, 4) is 0 Å². The van der Waals surface area contributed by atoms with E-state index in [1.54, 1.807) is 6.07 Å². The number of aromatic nitrogens is 1. The second-order valence-electron chi connectivity index (χ2n) is 5.28. The normalized spacial score (nSPS) is 16.6. The highest BCUT2D eigenvalue weighted by molar-refractivity contribution is 7.15. The summed E-state index contributed by atoms with van der Waals surface area (Å²) in [6.07, 6.45) is 2.68. The molecule has 7 heteroatoms. The van der Waals surface area contributed by atoms with Gasteiger partial charge in [0.15, 0.2) is 5.13 Å². The lowest BCUT2D eigenvalue weighted by molar-refractivity contribution is 0.102. The Balaban J connectivity index is 0.00000176. The molecule has 118 valence electrons. The van der Waals surface area contributed by atoms with Crippen molar-refractivity contribution in [3.63, 3.8) is 0 Å². The summed E-state index contributed by atoms with van der Waals surface area (Å²) in [5.74, 6) is -0.223. The highest BCUT2D eigenvalue weighted by atomic mass is 35.5. The molecule has 1 aromatic carbocycles. The molecule has 1 amide bonds. The molecule has 0 unspecified atom stereocenters. The average Bonchev–Trinajstić information content (AvgIpc) is 2.83. The van der Waals surface area contributed by atoms with E-state index in [4.69, 9.17) is 17.3 Å². The van der Waals surface area contributed by atoms with E-state index in [1.165, 1.54) is 16.2 Å². The number of amides is 1. The number of halogens is 2. The van der Waals surface area contributed by atoms with E-state index in [0.717, 1.165) is 30.5 Å². The summed E-state index contributed by atoms with van der Waals surface area (Å²) in [4.78, 5) is 18.0. The molecule has 0 saturated heterocycles. The molecule has 3 rings (SSSR count). The minimum Gasteiger partial charge on any atom is -0.327 e. The van der Waals surface area contributed by atoms with Gasteiger partial charge in [0.25, 0.3) is 5.91 Å². The average molecular weight is 358 g/mol. The Morgan fingerprint density at radius 3 is 3.05 bits per heavy atom. The zero-order chi connectivity index (χ0) is 15.0. The number of nitrogens with one attached hydrogen (secondary N) is 1. The molecule has 3 N–H and O–H groups in total. The first kappa shape index (κ1) is 17.2. The Hall–Kier alpha value is -1.14. The van der Waals surface area contributed by atoms with Gasteiger partial charge in [-0.05, 0) is 37.8 Å². The minimum atomic E-state index is -0.223. The van der Waals surface area contributed by atoms with Gasteiger partial charge in [-0.2, -0.15) is 0 Å². The molecule has 0 fully saturated rings. The third kappa shape index (κ3) is 3.43. The van der Waals surface area contributed by atoms with Crippen LogP contribution in [-0.2, 0) is 12.8 Å². The molecule has 0 saturated carbocycles. The largest absolute Gasteiger partial charge is 0.327 e. The molecule has 0 spiro atoms. The number of thiazole rings is 1. The first-order valence-electron chi connectivity index (χ1n) is 6.85. The van der Waals surface area contributed by atoms with Crippen LogP contribution in [0.2, 0.25) is 5.02 Å². The lowest BCUT2D eigenvalue weighted by Gasteiger charge is -2.15. The van der Waals surface area contributed by atoms with Gasteiger partial charge in [0.2, 0.25) is 0 Å². The van der Waals surface area contributed by atoms with Gasteiger partial charge in [0, 0.05) is 10.9 Å². The van der Waals surface area contributed by atoms with Gasteiger partial charge in [0.1, 0.15) is 0 Å². The van der Waals surface area contributed by atoms with Crippen LogP contribution in [0.25, 0.3) is 0 Å². The number of hydrogen-bond donors (Lipinski definition) is 2. The fraction of sp³-hybridized carbons (Fsp3) is 0.333. The van der Waals surface area contributed by atoms with Crippen LogP contribution in [0, 0.1) is 6.92 Å². The highest BCUT2D eigenvalue weighted by Crippen LogP contribution is 2.30. The highest BCUT2D eigenvalue weighted by Gasteiger charge is 2.21. The number of hydrogen-bond acceptors (Lipinski definition) is 4. The van der Waals surface area contributed by atoms with E-state index in [2.05, 4.69) is 10.3 Å². The fourth-order valence-corrected chi connectivity index (χ4v) is 3.75. The van der Waals surface area contributed by atoms with Gasteiger partial charge < -0.3 is 5.73 Å². The minimum absolute atomic E-state index is 0. The maximum Gasteiger partial charge on any atom is 0.258 e. The molecule has 0 bridgehead atoms. The van der Waals surface area contributed by atoms with Crippen LogP contribution in [0.1, 0.15) is 32.9 Å². The molecule has 0 radical (unpaired) electrons. The van der Waals surface area contributed by atoms with Crippen LogP contribution in [-0.4, -0.2) is 16.9 Å². The quantitative estimate of drug-likeness (QED) is 0.862. The molecule has 22 heavy (non-hydrogen) atoms. The van der Waals surface area contributed by atoms with Crippen molar-refractivity contribution in [1.29, 1.82) is 0 Å². The Labute approximate surface area is 144 Å². The van der Waals surface area contributed by atoms with E-state index in [-0.39, 0.29) is 24.4 Å².